The first kappa shape index (κ1) is 26.0. The molecule has 0 saturated carbocycles. The summed E-state index contributed by atoms with van der Waals surface area (Å²) in [7, 11) is 3.28. The number of rotatable bonds is 8. The number of nitrogens with one attached hydrogen (secondary N) is 2. The van der Waals surface area contributed by atoms with Gasteiger partial charge in [0.15, 0.2) is 5.96 Å². The zero-order valence-corrected chi connectivity index (χ0v) is 21.0. The minimum atomic E-state index is -0.999. The van der Waals surface area contributed by atoms with E-state index in [0.717, 1.165) is 36.7 Å². The van der Waals surface area contributed by atoms with E-state index in [9.17, 15) is 9.50 Å². The van der Waals surface area contributed by atoms with Crippen LogP contribution in [0.25, 0.3) is 0 Å². The van der Waals surface area contributed by atoms with Crippen LogP contribution in [0.4, 0.5) is 10.1 Å². The van der Waals surface area contributed by atoms with Gasteiger partial charge in [-0.15, -0.1) is 24.0 Å². The monoisotopic (exact) mass is 558 g/mol. The average molecular weight is 558 g/mol. The third-order valence-electron chi connectivity index (χ3n) is 5.26. The molecule has 1 saturated heterocycles. The van der Waals surface area contributed by atoms with Gasteiger partial charge in [0, 0.05) is 55.1 Å². The molecule has 0 aliphatic carbocycles. The van der Waals surface area contributed by atoms with Crippen LogP contribution in [-0.2, 0) is 0 Å². The van der Waals surface area contributed by atoms with E-state index in [1.54, 1.807) is 32.4 Å². The van der Waals surface area contributed by atoms with Crippen molar-refractivity contribution < 1.29 is 19.0 Å². The Morgan fingerprint density at radius 1 is 1.22 bits per heavy atom. The van der Waals surface area contributed by atoms with Crippen molar-refractivity contribution in [3.8, 4) is 11.5 Å². The summed E-state index contributed by atoms with van der Waals surface area (Å²) in [5, 5.41) is 17.0. The van der Waals surface area contributed by atoms with Crippen LogP contribution in [0.2, 0.25) is 0 Å². The predicted molar refractivity (Wildman–Crippen MR) is 136 cm³/mol. The molecule has 1 aliphatic rings. The highest BCUT2D eigenvalue weighted by Crippen LogP contribution is 2.30. The molecule has 0 aromatic heterocycles. The molecular formula is C23H32FIN4O3. The lowest BCUT2D eigenvalue weighted by atomic mass is 10.1. The minimum Gasteiger partial charge on any atom is -0.497 e. The first-order valence-electron chi connectivity index (χ1n) is 10.5. The number of guanidine groups is 1. The molecular weight excluding hydrogens is 526 g/mol. The summed E-state index contributed by atoms with van der Waals surface area (Å²) in [6.45, 7) is 4.40. The summed E-state index contributed by atoms with van der Waals surface area (Å²) < 4.78 is 24.6. The van der Waals surface area contributed by atoms with Gasteiger partial charge in [0.2, 0.25) is 0 Å². The number of halogens is 2. The fourth-order valence-corrected chi connectivity index (χ4v) is 3.62. The van der Waals surface area contributed by atoms with Crippen molar-refractivity contribution in [2.45, 2.75) is 25.5 Å². The normalized spacial score (nSPS) is 16.8. The molecule has 2 aromatic carbocycles. The number of ether oxygens (including phenoxy) is 2. The molecule has 3 rings (SSSR count). The minimum absolute atomic E-state index is 0. The van der Waals surface area contributed by atoms with Crippen molar-refractivity contribution in [1.29, 1.82) is 0 Å². The van der Waals surface area contributed by atoms with Crippen LogP contribution in [0.3, 0.4) is 0 Å². The highest BCUT2D eigenvalue weighted by atomic mass is 127. The number of anilines is 1. The Bertz CT molecular complexity index is 877. The Morgan fingerprint density at radius 2 is 1.91 bits per heavy atom. The van der Waals surface area contributed by atoms with E-state index >= 15 is 0 Å². The molecule has 2 atom stereocenters. The topological polar surface area (TPSA) is 78.4 Å². The maximum Gasteiger partial charge on any atom is 0.191 e. The number of aliphatic imine (C=N–C) groups is 1. The van der Waals surface area contributed by atoms with Crippen molar-refractivity contribution in [3.63, 3.8) is 0 Å². The third-order valence-corrected chi connectivity index (χ3v) is 5.26. The van der Waals surface area contributed by atoms with Gasteiger partial charge in [-0.25, -0.2) is 4.39 Å². The summed E-state index contributed by atoms with van der Waals surface area (Å²) in [4.78, 5) is 6.73. The van der Waals surface area contributed by atoms with Crippen LogP contribution in [0.15, 0.2) is 47.5 Å². The standard InChI is InChI=1S/C23H31FN4O3.HI/c1-4-25-23(26-14-22(29)20-7-5-6-8-21(20)24)27-16-9-10-28(15-16)17-11-18(30-2)13-19(12-17)31-3;/h5-8,11-13,16,22,29H,4,9-10,14-15H2,1-3H3,(H2,25,26,27);1H. The molecule has 32 heavy (non-hydrogen) atoms. The Kier molecular flexibility index (Phi) is 10.3. The lowest BCUT2D eigenvalue weighted by Crippen LogP contribution is -2.44. The second-order valence-electron chi connectivity index (χ2n) is 7.40. The van der Waals surface area contributed by atoms with Crippen LogP contribution < -0.4 is 25.0 Å². The molecule has 1 heterocycles. The zero-order valence-electron chi connectivity index (χ0n) is 18.7. The van der Waals surface area contributed by atoms with E-state index in [0.29, 0.717) is 12.5 Å². The highest BCUT2D eigenvalue weighted by Gasteiger charge is 2.24. The Hall–Kier alpha value is -2.27. The van der Waals surface area contributed by atoms with Gasteiger partial charge in [0.1, 0.15) is 23.4 Å². The molecule has 3 N–H and O–H groups in total. The summed E-state index contributed by atoms with van der Waals surface area (Å²) >= 11 is 0. The predicted octanol–water partition coefficient (Wildman–Crippen LogP) is 3.33. The molecule has 0 amide bonds. The molecule has 7 nitrogen and oxygen atoms in total. The van der Waals surface area contributed by atoms with Crippen molar-refractivity contribution >= 4 is 35.6 Å². The summed E-state index contributed by atoms with van der Waals surface area (Å²) in [6.07, 6.45) is -0.0687. The van der Waals surface area contributed by atoms with Crippen molar-refractivity contribution in [3.05, 3.63) is 53.8 Å². The van der Waals surface area contributed by atoms with Crippen molar-refractivity contribution in [2.24, 2.45) is 4.99 Å². The second-order valence-corrected chi connectivity index (χ2v) is 7.40. The fourth-order valence-electron chi connectivity index (χ4n) is 3.62. The van der Waals surface area contributed by atoms with Gasteiger partial charge in [-0.1, -0.05) is 18.2 Å². The molecule has 0 bridgehead atoms. The van der Waals surface area contributed by atoms with Crippen LogP contribution in [0.5, 0.6) is 11.5 Å². The van der Waals surface area contributed by atoms with E-state index in [4.69, 9.17) is 9.47 Å². The second kappa shape index (κ2) is 12.7. The van der Waals surface area contributed by atoms with E-state index < -0.39 is 11.9 Å². The lowest BCUT2D eigenvalue weighted by Gasteiger charge is -2.21. The van der Waals surface area contributed by atoms with Gasteiger partial charge < -0.3 is 30.1 Å². The summed E-state index contributed by atoms with van der Waals surface area (Å²) in [5.74, 6) is 1.68. The quantitative estimate of drug-likeness (QED) is 0.262. The molecule has 9 heteroatoms. The van der Waals surface area contributed by atoms with Gasteiger partial charge >= 0.3 is 0 Å². The third kappa shape index (κ3) is 6.86. The number of nitrogens with zero attached hydrogens (tertiary/aromatic N) is 2. The number of aliphatic hydroxyl groups is 1. The highest BCUT2D eigenvalue weighted by molar-refractivity contribution is 14.0. The summed E-state index contributed by atoms with van der Waals surface area (Å²) in [5.41, 5.74) is 1.29. The summed E-state index contributed by atoms with van der Waals surface area (Å²) in [6, 6.07) is 12.2. The van der Waals surface area contributed by atoms with Gasteiger partial charge in [0.05, 0.1) is 20.8 Å². The average Bonchev–Trinajstić information content (AvgIpc) is 3.26. The van der Waals surface area contributed by atoms with Crippen LogP contribution in [0, 0.1) is 5.82 Å². The van der Waals surface area contributed by atoms with E-state index in [1.807, 2.05) is 25.1 Å². The van der Waals surface area contributed by atoms with Crippen LogP contribution in [0.1, 0.15) is 25.0 Å². The first-order valence-corrected chi connectivity index (χ1v) is 10.5. The van der Waals surface area contributed by atoms with E-state index in [1.165, 1.54) is 6.07 Å². The number of benzene rings is 2. The Morgan fingerprint density at radius 3 is 2.53 bits per heavy atom. The maximum absolute atomic E-state index is 13.9. The molecule has 0 radical (unpaired) electrons. The van der Waals surface area contributed by atoms with Crippen LogP contribution in [-0.4, -0.2) is 57.5 Å². The van der Waals surface area contributed by atoms with Gasteiger partial charge in [-0.05, 0) is 19.4 Å². The Labute approximate surface area is 206 Å². The molecule has 176 valence electrons. The first-order chi connectivity index (χ1) is 15.0. The Balaban J connectivity index is 0.00000363. The largest absolute Gasteiger partial charge is 0.497 e. The molecule has 1 fully saturated rings. The van der Waals surface area contributed by atoms with Gasteiger partial charge in [0.25, 0.3) is 0 Å². The molecule has 2 aromatic rings. The van der Waals surface area contributed by atoms with Crippen LogP contribution >= 0.6 is 24.0 Å². The molecule has 1 aliphatic heterocycles. The zero-order chi connectivity index (χ0) is 22.2. The number of methoxy groups -OCH3 is 2. The maximum atomic E-state index is 13.9. The van der Waals surface area contributed by atoms with E-state index in [2.05, 4.69) is 20.5 Å². The van der Waals surface area contributed by atoms with Gasteiger partial charge in [-0.3, -0.25) is 4.99 Å². The number of aliphatic hydroxyl groups excluding tert-OH is 1. The van der Waals surface area contributed by atoms with Crippen molar-refractivity contribution in [1.82, 2.24) is 10.6 Å². The smallest absolute Gasteiger partial charge is 0.191 e. The van der Waals surface area contributed by atoms with E-state index in [-0.39, 0.29) is 42.1 Å². The van der Waals surface area contributed by atoms with Gasteiger partial charge in [-0.2, -0.15) is 0 Å². The fraction of sp³-hybridized carbons (Fsp3) is 0.435. The van der Waals surface area contributed by atoms with Crippen molar-refractivity contribution in [2.75, 3.05) is 45.3 Å². The number of hydrogen-bond donors (Lipinski definition) is 3. The SMILES string of the molecule is CCNC(=NCC(O)c1ccccc1F)NC1CCN(c2cc(OC)cc(OC)c2)C1.I. The number of hydrogen-bond acceptors (Lipinski definition) is 5. The molecule has 0 spiro atoms. The molecule has 2 unspecified atom stereocenters. The lowest BCUT2D eigenvalue weighted by molar-refractivity contribution is 0.182.